The van der Waals surface area contributed by atoms with Crippen molar-refractivity contribution in [3.63, 3.8) is 0 Å². The van der Waals surface area contributed by atoms with E-state index in [-0.39, 0.29) is 24.8 Å². The number of fused-ring (bicyclic) bond motifs is 1. The largest absolute Gasteiger partial charge is 0.325 e. The number of carbonyl (C=O) groups excluding carboxylic acids is 2. The molecule has 1 aromatic heterocycles. The van der Waals surface area contributed by atoms with Gasteiger partial charge in [-0.1, -0.05) is 41.9 Å². The average molecular weight is 368 g/mol. The smallest absolute Gasteiger partial charge is 0.226 e. The number of nitrogens with one attached hydrogen (secondary N) is 1. The van der Waals surface area contributed by atoms with E-state index in [9.17, 15) is 9.59 Å². The fourth-order valence-corrected chi connectivity index (χ4v) is 2.93. The van der Waals surface area contributed by atoms with E-state index in [0.29, 0.717) is 16.4 Å². The standard InChI is InChI=1S/C20H18ClN3O2/c1-14(25)24(18-10-4-6-15-7-5-12-22-20(15)18)13-11-19(26)23-17-9-3-2-8-16(17)21/h2-10,12H,11,13H2,1H3,(H,23,26). The molecule has 2 amide bonds. The van der Waals surface area contributed by atoms with Gasteiger partial charge in [0.15, 0.2) is 0 Å². The van der Waals surface area contributed by atoms with Crippen LogP contribution in [0.2, 0.25) is 5.02 Å². The fraction of sp³-hybridized carbons (Fsp3) is 0.150. The Morgan fingerprint density at radius 1 is 1.08 bits per heavy atom. The van der Waals surface area contributed by atoms with E-state index in [4.69, 9.17) is 11.6 Å². The summed E-state index contributed by atoms with van der Waals surface area (Å²) in [7, 11) is 0. The number of benzene rings is 2. The molecule has 0 unspecified atom stereocenters. The zero-order valence-corrected chi connectivity index (χ0v) is 15.0. The summed E-state index contributed by atoms with van der Waals surface area (Å²) in [6, 6.07) is 16.5. The van der Waals surface area contributed by atoms with Gasteiger partial charge in [0.1, 0.15) is 0 Å². The quantitative estimate of drug-likeness (QED) is 0.732. The molecule has 0 aliphatic rings. The van der Waals surface area contributed by atoms with E-state index < -0.39 is 0 Å². The molecule has 0 radical (unpaired) electrons. The van der Waals surface area contributed by atoms with E-state index in [1.54, 1.807) is 35.4 Å². The van der Waals surface area contributed by atoms with Gasteiger partial charge in [-0.05, 0) is 24.3 Å². The van der Waals surface area contributed by atoms with Crippen molar-refractivity contribution in [1.29, 1.82) is 0 Å². The van der Waals surface area contributed by atoms with Crippen LogP contribution < -0.4 is 10.2 Å². The van der Waals surface area contributed by atoms with Crippen molar-refractivity contribution in [2.75, 3.05) is 16.8 Å². The maximum absolute atomic E-state index is 12.3. The molecule has 0 bridgehead atoms. The van der Waals surface area contributed by atoms with Crippen LogP contribution in [-0.4, -0.2) is 23.3 Å². The summed E-state index contributed by atoms with van der Waals surface area (Å²) in [5.41, 5.74) is 1.98. The van der Waals surface area contributed by atoms with Crippen molar-refractivity contribution in [3.05, 3.63) is 65.8 Å². The number of para-hydroxylation sites is 2. The number of nitrogens with zero attached hydrogens (tertiary/aromatic N) is 2. The molecule has 0 atom stereocenters. The lowest BCUT2D eigenvalue weighted by atomic mass is 10.1. The Balaban J connectivity index is 1.76. The second kappa shape index (κ2) is 7.97. The highest BCUT2D eigenvalue weighted by Gasteiger charge is 2.17. The second-order valence-corrected chi connectivity index (χ2v) is 6.21. The molecule has 3 rings (SSSR count). The molecule has 1 heterocycles. The van der Waals surface area contributed by atoms with Crippen LogP contribution in [0.1, 0.15) is 13.3 Å². The Bertz CT molecular complexity index is 953. The lowest BCUT2D eigenvalue weighted by molar-refractivity contribution is -0.117. The monoisotopic (exact) mass is 367 g/mol. The highest BCUT2D eigenvalue weighted by Crippen LogP contribution is 2.25. The second-order valence-electron chi connectivity index (χ2n) is 5.80. The van der Waals surface area contributed by atoms with Crippen molar-refractivity contribution in [3.8, 4) is 0 Å². The molecule has 3 aromatic rings. The molecule has 5 nitrogen and oxygen atoms in total. The molecule has 26 heavy (non-hydrogen) atoms. The van der Waals surface area contributed by atoms with E-state index in [1.807, 2.05) is 30.3 Å². The van der Waals surface area contributed by atoms with Gasteiger partial charge < -0.3 is 10.2 Å². The lowest BCUT2D eigenvalue weighted by Crippen LogP contribution is -2.32. The van der Waals surface area contributed by atoms with Crippen LogP contribution in [0.25, 0.3) is 10.9 Å². The molecule has 132 valence electrons. The zero-order valence-electron chi connectivity index (χ0n) is 14.3. The van der Waals surface area contributed by atoms with Crippen LogP contribution in [0.15, 0.2) is 60.8 Å². The van der Waals surface area contributed by atoms with Crippen molar-refractivity contribution in [2.45, 2.75) is 13.3 Å². The van der Waals surface area contributed by atoms with Gasteiger partial charge in [0.05, 0.1) is 21.9 Å². The number of amides is 2. The van der Waals surface area contributed by atoms with Gasteiger partial charge in [-0.25, -0.2) is 0 Å². The summed E-state index contributed by atoms with van der Waals surface area (Å²) in [5, 5.41) is 4.18. The van der Waals surface area contributed by atoms with E-state index >= 15 is 0 Å². The highest BCUT2D eigenvalue weighted by molar-refractivity contribution is 6.33. The predicted octanol–water partition coefficient (Wildman–Crippen LogP) is 4.27. The van der Waals surface area contributed by atoms with Gasteiger partial charge in [0.2, 0.25) is 11.8 Å². The number of hydrogen-bond acceptors (Lipinski definition) is 3. The number of hydrogen-bond donors (Lipinski definition) is 1. The van der Waals surface area contributed by atoms with Gasteiger partial charge in [0, 0.05) is 31.5 Å². The Morgan fingerprint density at radius 3 is 2.62 bits per heavy atom. The van der Waals surface area contributed by atoms with Crippen molar-refractivity contribution >= 4 is 45.7 Å². The van der Waals surface area contributed by atoms with E-state index in [0.717, 1.165) is 10.9 Å². The summed E-state index contributed by atoms with van der Waals surface area (Å²) >= 11 is 6.06. The number of anilines is 2. The van der Waals surface area contributed by atoms with Crippen LogP contribution in [0.3, 0.4) is 0 Å². The summed E-state index contributed by atoms with van der Waals surface area (Å²) in [4.78, 5) is 30.4. The lowest BCUT2D eigenvalue weighted by Gasteiger charge is -2.22. The first-order valence-corrected chi connectivity index (χ1v) is 8.60. The van der Waals surface area contributed by atoms with Crippen molar-refractivity contribution in [2.24, 2.45) is 0 Å². The first-order chi connectivity index (χ1) is 12.6. The van der Waals surface area contributed by atoms with Crippen LogP contribution in [0.4, 0.5) is 11.4 Å². The zero-order chi connectivity index (χ0) is 18.5. The minimum absolute atomic E-state index is 0.145. The van der Waals surface area contributed by atoms with Gasteiger partial charge in [0.25, 0.3) is 0 Å². The third kappa shape index (κ3) is 4.00. The molecule has 0 aliphatic carbocycles. The number of aromatic nitrogens is 1. The Hall–Kier alpha value is -2.92. The van der Waals surface area contributed by atoms with Crippen molar-refractivity contribution in [1.82, 2.24) is 4.98 Å². The predicted molar refractivity (Wildman–Crippen MR) is 104 cm³/mol. The van der Waals surface area contributed by atoms with Gasteiger partial charge in [-0.15, -0.1) is 0 Å². The molecule has 0 fully saturated rings. The first kappa shape index (κ1) is 17.9. The van der Waals surface area contributed by atoms with Crippen LogP contribution in [0.5, 0.6) is 0 Å². The average Bonchev–Trinajstić information content (AvgIpc) is 2.64. The highest BCUT2D eigenvalue weighted by atomic mass is 35.5. The molecule has 6 heteroatoms. The summed E-state index contributed by atoms with van der Waals surface area (Å²) in [5.74, 6) is -0.355. The van der Waals surface area contributed by atoms with Gasteiger partial charge >= 0.3 is 0 Å². The maximum atomic E-state index is 12.3. The minimum Gasteiger partial charge on any atom is -0.325 e. The Labute approximate surface area is 156 Å². The molecule has 0 saturated carbocycles. The SMILES string of the molecule is CC(=O)N(CCC(=O)Nc1ccccc1Cl)c1cccc2cccnc12. The molecule has 2 aromatic carbocycles. The minimum atomic E-state index is -0.211. The van der Waals surface area contributed by atoms with Crippen LogP contribution in [0, 0.1) is 0 Å². The maximum Gasteiger partial charge on any atom is 0.226 e. The molecule has 0 spiro atoms. The normalized spacial score (nSPS) is 10.5. The van der Waals surface area contributed by atoms with Gasteiger partial charge in [-0.3, -0.25) is 14.6 Å². The Kier molecular flexibility index (Phi) is 5.49. The number of halogens is 1. The topological polar surface area (TPSA) is 62.3 Å². The molecular formula is C20H18ClN3O2. The number of carbonyl (C=O) groups is 2. The summed E-state index contributed by atoms with van der Waals surface area (Å²) in [6.45, 7) is 1.73. The third-order valence-corrected chi connectivity index (χ3v) is 4.32. The first-order valence-electron chi connectivity index (χ1n) is 8.22. The molecule has 0 saturated heterocycles. The molecule has 1 N–H and O–H groups in total. The van der Waals surface area contributed by atoms with E-state index in [1.165, 1.54) is 6.92 Å². The van der Waals surface area contributed by atoms with Crippen molar-refractivity contribution < 1.29 is 9.59 Å². The summed E-state index contributed by atoms with van der Waals surface area (Å²) < 4.78 is 0. The number of pyridine rings is 1. The fourth-order valence-electron chi connectivity index (χ4n) is 2.74. The third-order valence-electron chi connectivity index (χ3n) is 3.99. The van der Waals surface area contributed by atoms with Crippen LogP contribution >= 0.6 is 11.6 Å². The van der Waals surface area contributed by atoms with E-state index in [2.05, 4.69) is 10.3 Å². The summed E-state index contributed by atoms with van der Waals surface area (Å²) in [6.07, 6.45) is 1.84. The van der Waals surface area contributed by atoms with Crippen LogP contribution in [-0.2, 0) is 9.59 Å². The molecule has 0 aliphatic heterocycles. The number of rotatable bonds is 5. The Morgan fingerprint density at radius 2 is 1.85 bits per heavy atom. The van der Waals surface area contributed by atoms with Gasteiger partial charge in [-0.2, -0.15) is 0 Å². The molecular weight excluding hydrogens is 350 g/mol.